The van der Waals surface area contributed by atoms with Gasteiger partial charge >= 0.3 is 5.97 Å². The number of carbonyl (C=O) groups is 14. The second kappa shape index (κ2) is 31.9. The summed E-state index contributed by atoms with van der Waals surface area (Å²) in [5.74, 6) is -16.9. The Labute approximate surface area is 529 Å². The number of rotatable bonds is 11. The molecule has 13 amide bonds. The molecule has 1 unspecified atom stereocenters. The minimum absolute atomic E-state index is 0.0497. The van der Waals surface area contributed by atoms with Gasteiger partial charge in [-0.25, -0.2) is 14.8 Å². The molecule has 0 aromatic carbocycles. The number of thiocarbonyl (C=S) groups is 1. The first-order valence-electron chi connectivity index (χ1n) is 28.5. The summed E-state index contributed by atoms with van der Waals surface area (Å²) in [6.45, 7) is 14.3. The fraction of sp³-hybridized carbons (Fsp3) is 0.574. The van der Waals surface area contributed by atoms with E-state index in [4.69, 9.17) is 12.2 Å². The van der Waals surface area contributed by atoms with E-state index in [0.29, 0.717) is 17.1 Å². The Kier molecular flexibility index (Phi) is 25.1. The zero-order valence-corrected chi connectivity index (χ0v) is 53.0. The molecular weight excluding hydrogens is 1240 g/mol. The summed E-state index contributed by atoms with van der Waals surface area (Å²) in [6.07, 6.45) is 1.59. The van der Waals surface area contributed by atoms with Gasteiger partial charge in [0.05, 0.1) is 35.5 Å². The molecule has 14 N–H and O–H groups in total. The first kappa shape index (κ1) is 70.0. The third-order valence-corrected chi connectivity index (χ3v) is 18.5. The minimum atomic E-state index is -1.96. The van der Waals surface area contributed by atoms with Crippen molar-refractivity contribution in [2.45, 2.75) is 159 Å². The number of fused-ring (bicyclic) bond motifs is 5. The van der Waals surface area contributed by atoms with E-state index < -0.39 is 190 Å². The standard InChI is InChI=1S/C54H74N16O15S4/c1-22(2)12-32-53(83)70-11-9-10-38(70)49(81)66-36-19-88-27(7)40(69-51(86)31(14-29-16-55-21-56-29)61-48(80)37-20-89-52(67-37)26(6)57-28(8)71)50(82)60-30-13-23(3)41(73)68-39(72)15-33(54(84)85)63-43(75)25(5)59-46(78)35(65-47(36)79)18-87-17-34(64-44(30)76)45(77)58-24(4)42(74)62-32/h16,20-23,25-27,30-36,38,40H,4,9-15,17-19H2,1-3,5-8H3,(H,55,56)(H,57,71)(H,58,77)(H,59,78)(H,60,82)(H,61,80)(H,62,74)(H,63,75)(H,64,76)(H,65,79)(H,66,81)(H,69,86)(H,84,85)(H,68,72,73)/t23-,25-,26-,27?,30+,31-,32+,33-,34+,35+,36+,38-,40+/m0/s1. The number of imide groups is 1. The maximum Gasteiger partial charge on any atom is 0.326 e. The molecule has 0 saturated carbocycles. The fourth-order valence-corrected chi connectivity index (χ4v) is 13.0. The highest BCUT2D eigenvalue weighted by Gasteiger charge is 2.42. The van der Waals surface area contributed by atoms with Crippen molar-refractivity contribution in [2.24, 2.45) is 11.8 Å². The molecule has 13 atom stereocenters. The van der Waals surface area contributed by atoms with Gasteiger partial charge in [0.2, 0.25) is 65.0 Å². The van der Waals surface area contributed by atoms with Crippen LogP contribution in [0, 0.1) is 11.8 Å². The van der Waals surface area contributed by atoms with Crippen molar-refractivity contribution >= 4 is 135 Å². The second-order valence-electron chi connectivity index (χ2n) is 22.3. The number of aromatic amines is 1. The zero-order chi connectivity index (χ0) is 65.6. The summed E-state index contributed by atoms with van der Waals surface area (Å²) in [5.41, 5.74) is -0.181. The molecule has 6 rings (SSSR count). The van der Waals surface area contributed by atoms with Crippen molar-refractivity contribution in [3.8, 4) is 0 Å². The number of H-pyrrole nitrogens is 1. The molecule has 0 radical (unpaired) electrons. The molecule has 4 bridgehead atoms. The lowest BCUT2D eigenvalue weighted by molar-refractivity contribution is -0.144. The number of carbonyl (C=O) groups excluding carboxylic acids is 13. The number of thiazole rings is 1. The van der Waals surface area contributed by atoms with Crippen LogP contribution in [0.15, 0.2) is 30.2 Å². The molecule has 0 spiro atoms. The first-order chi connectivity index (χ1) is 42.0. The van der Waals surface area contributed by atoms with Gasteiger partial charge in [0.25, 0.3) is 11.8 Å². The SMILES string of the molecule is C=C1NC(=O)[C@H]2CSC[C@H]3NC(=O)[C@@H](CSC(C)[C@@H](NC(=S)[C@H](Cc4cnc[nH]4)NC(=O)c4csc([C@H](C)NC(C)=O)n4)C(=O)N[C@H](C[C@H](C)C(=O)NC(=O)C[C@@H](C(=O)O)NC(=O)[C@H](C)NC3=O)C(=O)N2)NC(=O)[C@@H]2CCCN2C(=O)[C@@H](CC(C)C)NC1=O. The smallest absolute Gasteiger partial charge is 0.326 e. The Hall–Kier alpha value is -8.05. The number of nitrogens with one attached hydrogen (secondary N) is 13. The fourth-order valence-electron chi connectivity index (χ4n) is 9.74. The Morgan fingerprint density at radius 3 is 2.08 bits per heavy atom. The maximum atomic E-state index is 15.3. The van der Waals surface area contributed by atoms with Crippen molar-refractivity contribution < 1.29 is 72.2 Å². The van der Waals surface area contributed by atoms with Crippen LogP contribution in [0.25, 0.3) is 0 Å². The number of nitrogens with zero attached hydrogens (tertiary/aromatic N) is 3. The van der Waals surface area contributed by atoms with Gasteiger partial charge in [-0.05, 0) is 45.4 Å². The van der Waals surface area contributed by atoms with E-state index in [-0.39, 0.29) is 48.3 Å². The number of amides is 13. The lowest BCUT2D eigenvalue weighted by Gasteiger charge is -2.32. The topological polar surface area (TPSA) is 448 Å². The molecule has 4 aliphatic heterocycles. The molecular formula is C54H74N16O15S4. The molecule has 6 heterocycles. The largest absolute Gasteiger partial charge is 0.480 e. The number of hydrogen-bond acceptors (Lipinski definition) is 20. The molecule has 4 fully saturated rings. The number of hydrogen-bond donors (Lipinski definition) is 14. The summed E-state index contributed by atoms with van der Waals surface area (Å²) in [6, 6.07) is -16.2. The summed E-state index contributed by atoms with van der Waals surface area (Å²) in [7, 11) is 0. The molecule has 4 saturated heterocycles. The molecule has 2 aromatic heterocycles. The van der Waals surface area contributed by atoms with Gasteiger partial charge in [-0.2, -0.15) is 23.5 Å². The van der Waals surface area contributed by atoms with Crippen LogP contribution < -0.4 is 63.8 Å². The normalized spacial score (nSPS) is 27.6. The molecule has 2 aromatic rings. The predicted octanol–water partition coefficient (Wildman–Crippen LogP) is -3.19. The summed E-state index contributed by atoms with van der Waals surface area (Å²) in [4.78, 5) is 209. The molecule has 484 valence electrons. The number of carboxylic acids is 1. The number of aromatic nitrogens is 3. The lowest BCUT2D eigenvalue weighted by Crippen LogP contribution is -2.61. The Bertz CT molecular complexity index is 3090. The molecule has 4 aliphatic rings. The Morgan fingerprint density at radius 1 is 0.787 bits per heavy atom. The highest BCUT2D eigenvalue weighted by atomic mass is 32.2. The van der Waals surface area contributed by atoms with Crippen LogP contribution in [0.3, 0.4) is 0 Å². The van der Waals surface area contributed by atoms with E-state index in [2.05, 4.69) is 85.3 Å². The third kappa shape index (κ3) is 19.7. The van der Waals surface area contributed by atoms with E-state index in [0.717, 1.165) is 34.9 Å². The van der Waals surface area contributed by atoms with E-state index in [1.165, 1.54) is 50.5 Å². The Morgan fingerprint density at radius 2 is 1.43 bits per heavy atom. The van der Waals surface area contributed by atoms with E-state index in [1.807, 2.05) is 0 Å². The van der Waals surface area contributed by atoms with Gasteiger partial charge in [-0.3, -0.25) is 67.6 Å². The van der Waals surface area contributed by atoms with Gasteiger partial charge in [-0.1, -0.05) is 46.5 Å². The van der Waals surface area contributed by atoms with Gasteiger partial charge < -0.3 is 73.5 Å². The summed E-state index contributed by atoms with van der Waals surface area (Å²) < 4.78 is 0. The van der Waals surface area contributed by atoms with Crippen LogP contribution in [0.4, 0.5) is 0 Å². The summed E-state index contributed by atoms with van der Waals surface area (Å²) >= 11 is 8.81. The van der Waals surface area contributed by atoms with Crippen molar-refractivity contribution in [1.82, 2.24) is 83.7 Å². The predicted molar refractivity (Wildman–Crippen MR) is 327 cm³/mol. The van der Waals surface area contributed by atoms with Crippen molar-refractivity contribution in [2.75, 3.05) is 23.8 Å². The van der Waals surface area contributed by atoms with Crippen LogP contribution >= 0.6 is 47.1 Å². The van der Waals surface area contributed by atoms with Gasteiger partial charge in [-0.15, -0.1) is 11.3 Å². The second-order valence-corrected chi connectivity index (χ2v) is 26.1. The monoisotopic (exact) mass is 1310 g/mol. The number of thioether (sulfide) groups is 2. The van der Waals surface area contributed by atoms with Crippen molar-refractivity contribution in [3.63, 3.8) is 0 Å². The average Bonchev–Trinajstić information content (AvgIpc) is 2.61. The van der Waals surface area contributed by atoms with Crippen LogP contribution in [-0.2, 0) is 68.7 Å². The molecule has 0 aliphatic carbocycles. The van der Waals surface area contributed by atoms with Gasteiger partial charge in [0.1, 0.15) is 65.1 Å². The number of carboxylic acid groups (broad SMARTS) is 1. The van der Waals surface area contributed by atoms with Crippen LogP contribution in [0.5, 0.6) is 0 Å². The molecule has 35 heteroatoms. The number of aliphatic carboxylic acids is 1. The maximum absolute atomic E-state index is 15.3. The van der Waals surface area contributed by atoms with Crippen molar-refractivity contribution in [3.05, 3.63) is 46.6 Å². The Balaban J connectivity index is 1.51. The van der Waals surface area contributed by atoms with E-state index in [1.54, 1.807) is 20.8 Å². The average molecular weight is 1320 g/mol. The molecule has 31 nitrogen and oxygen atoms in total. The molecule has 89 heavy (non-hydrogen) atoms. The van der Waals surface area contributed by atoms with Crippen molar-refractivity contribution in [1.29, 1.82) is 0 Å². The highest BCUT2D eigenvalue weighted by Crippen LogP contribution is 2.24. The van der Waals surface area contributed by atoms with Gasteiger partial charge in [0, 0.05) is 65.6 Å². The third-order valence-electron chi connectivity index (χ3n) is 14.6. The first-order valence-corrected chi connectivity index (χ1v) is 32.0. The van der Waals surface area contributed by atoms with Crippen LogP contribution in [0.1, 0.15) is 108 Å². The van der Waals surface area contributed by atoms with Gasteiger partial charge in [0.15, 0.2) is 0 Å². The quantitative estimate of drug-likeness (QED) is 0.0599. The number of imidazole rings is 1. The van der Waals surface area contributed by atoms with E-state index in [9.17, 15) is 67.4 Å². The zero-order valence-electron chi connectivity index (χ0n) is 49.7. The van der Waals surface area contributed by atoms with Crippen LogP contribution in [-0.4, -0.2) is 202 Å². The minimum Gasteiger partial charge on any atom is -0.480 e. The van der Waals surface area contributed by atoms with Crippen LogP contribution in [0.2, 0.25) is 0 Å². The highest BCUT2D eigenvalue weighted by molar-refractivity contribution is 8.00. The summed E-state index contributed by atoms with van der Waals surface area (Å²) in [5, 5.41) is 41.5. The lowest BCUT2D eigenvalue weighted by atomic mass is 9.99. The van der Waals surface area contributed by atoms with E-state index >= 15 is 4.79 Å².